The minimum absolute atomic E-state index is 0.0526. The first-order valence-corrected chi connectivity index (χ1v) is 10.6. The first-order chi connectivity index (χ1) is 13.3. The van der Waals surface area contributed by atoms with Gasteiger partial charge < -0.3 is 15.0 Å². The van der Waals surface area contributed by atoms with Crippen LogP contribution in [0.15, 0.2) is 47.4 Å². The van der Waals surface area contributed by atoms with Crippen molar-refractivity contribution in [2.24, 2.45) is 0 Å². The second-order valence-corrected chi connectivity index (χ2v) is 7.97. The van der Waals surface area contributed by atoms with Crippen LogP contribution in [0.4, 0.5) is 11.4 Å². The van der Waals surface area contributed by atoms with Crippen LogP contribution in [-0.4, -0.2) is 34.5 Å². The molecule has 0 spiro atoms. The second kappa shape index (κ2) is 9.57. The number of hydrogen-bond donors (Lipinski definition) is 2. The number of carbonyl (C=O) groups excluding carboxylic acids is 1. The second-order valence-electron chi connectivity index (χ2n) is 6.21. The molecule has 0 fully saturated rings. The molecule has 0 aliphatic rings. The quantitative estimate of drug-likeness (QED) is 0.670. The Morgan fingerprint density at radius 2 is 1.71 bits per heavy atom. The molecule has 0 radical (unpaired) electrons. The average molecular weight is 406 g/mol. The zero-order valence-electron chi connectivity index (χ0n) is 16.7. The van der Waals surface area contributed by atoms with E-state index in [1.165, 1.54) is 32.2 Å². The van der Waals surface area contributed by atoms with E-state index in [1.807, 2.05) is 24.3 Å². The lowest BCUT2D eigenvalue weighted by atomic mass is 10.2. The van der Waals surface area contributed by atoms with Crippen LogP contribution in [-0.2, 0) is 21.4 Å². The van der Waals surface area contributed by atoms with Gasteiger partial charge in [-0.2, -0.15) is 0 Å². The maximum Gasteiger partial charge on any atom is 0.240 e. The van der Waals surface area contributed by atoms with E-state index in [0.29, 0.717) is 11.4 Å². The van der Waals surface area contributed by atoms with Crippen LogP contribution in [0.2, 0.25) is 0 Å². The van der Waals surface area contributed by atoms with Crippen molar-refractivity contribution < 1.29 is 17.9 Å². The fourth-order valence-electron chi connectivity index (χ4n) is 2.82. The van der Waals surface area contributed by atoms with Crippen molar-refractivity contribution in [3.8, 4) is 5.75 Å². The van der Waals surface area contributed by atoms with E-state index in [4.69, 9.17) is 4.74 Å². The van der Waals surface area contributed by atoms with E-state index in [9.17, 15) is 13.2 Å². The van der Waals surface area contributed by atoms with Crippen LogP contribution in [0.3, 0.4) is 0 Å². The third-order valence-electron chi connectivity index (χ3n) is 4.32. The Morgan fingerprint density at radius 3 is 2.25 bits per heavy atom. The Hall–Kier alpha value is -2.58. The molecule has 0 atom stereocenters. The molecule has 152 valence electrons. The van der Waals surface area contributed by atoms with Crippen LogP contribution in [0.5, 0.6) is 5.75 Å². The van der Waals surface area contributed by atoms with Gasteiger partial charge in [0.05, 0.1) is 17.7 Å². The standard InChI is InChI=1S/C20H27N3O4S/c1-5-23(6-2)17-9-7-16(8-10-17)14-21-28(25,26)18-11-12-20(27-4)19(13-18)22-15(3)24/h7-13,21H,5-6,14H2,1-4H3,(H,22,24). The van der Waals surface area contributed by atoms with Gasteiger partial charge in [0.15, 0.2) is 0 Å². The number of benzene rings is 2. The molecular weight excluding hydrogens is 378 g/mol. The Kier molecular flexibility index (Phi) is 7.42. The van der Waals surface area contributed by atoms with Crippen molar-refractivity contribution >= 4 is 27.3 Å². The third-order valence-corrected chi connectivity index (χ3v) is 5.72. The molecule has 0 aliphatic carbocycles. The van der Waals surface area contributed by atoms with Gasteiger partial charge in [0.25, 0.3) is 0 Å². The van der Waals surface area contributed by atoms with Crippen molar-refractivity contribution in [3.63, 3.8) is 0 Å². The molecular formula is C20H27N3O4S. The highest BCUT2D eigenvalue weighted by atomic mass is 32.2. The van der Waals surface area contributed by atoms with E-state index >= 15 is 0 Å². The number of ether oxygens (including phenoxy) is 1. The summed E-state index contributed by atoms with van der Waals surface area (Å²) in [6.45, 7) is 7.53. The number of carbonyl (C=O) groups is 1. The monoisotopic (exact) mass is 405 g/mol. The van der Waals surface area contributed by atoms with Crippen LogP contribution in [0.25, 0.3) is 0 Å². The summed E-state index contributed by atoms with van der Waals surface area (Å²) < 4.78 is 33.0. The van der Waals surface area contributed by atoms with Gasteiger partial charge in [-0.3, -0.25) is 4.79 Å². The zero-order valence-corrected chi connectivity index (χ0v) is 17.5. The van der Waals surface area contributed by atoms with E-state index in [2.05, 4.69) is 28.8 Å². The van der Waals surface area contributed by atoms with E-state index in [1.54, 1.807) is 0 Å². The van der Waals surface area contributed by atoms with Crippen LogP contribution < -0.4 is 19.7 Å². The van der Waals surface area contributed by atoms with Gasteiger partial charge in [-0.15, -0.1) is 0 Å². The number of sulfonamides is 1. The summed E-state index contributed by atoms with van der Waals surface area (Å²) in [6.07, 6.45) is 0. The number of rotatable bonds is 9. The molecule has 0 unspecified atom stereocenters. The SMILES string of the molecule is CCN(CC)c1ccc(CNS(=O)(=O)c2ccc(OC)c(NC(C)=O)c2)cc1. The molecule has 0 aromatic heterocycles. The van der Waals surface area contributed by atoms with Crippen molar-refractivity contribution in [1.29, 1.82) is 0 Å². The fourth-order valence-corrected chi connectivity index (χ4v) is 3.86. The van der Waals surface area contributed by atoms with E-state index in [-0.39, 0.29) is 17.3 Å². The Bertz CT molecular complexity index is 908. The molecule has 0 bridgehead atoms. The van der Waals surface area contributed by atoms with Crippen molar-refractivity contribution in [1.82, 2.24) is 4.72 Å². The molecule has 0 saturated carbocycles. The predicted molar refractivity (Wildman–Crippen MR) is 111 cm³/mol. The smallest absolute Gasteiger partial charge is 0.240 e. The predicted octanol–water partition coefficient (Wildman–Crippen LogP) is 2.98. The highest BCUT2D eigenvalue weighted by molar-refractivity contribution is 7.89. The Labute approximate surface area is 166 Å². The summed E-state index contributed by atoms with van der Waals surface area (Å²) in [6, 6.07) is 12.1. The molecule has 1 amide bonds. The number of nitrogens with zero attached hydrogens (tertiary/aromatic N) is 1. The molecule has 0 heterocycles. The molecule has 2 rings (SSSR count). The van der Waals surface area contributed by atoms with Crippen LogP contribution in [0.1, 0.15) is 26.3 Å². The summed E-state index contributed by atoms with van der Waals surface area (Å²) >= 11 is 0. The lowest BCUT2D eigenvalue weighted by Crippen LogP contribution is -2.24. The van der Waals surface area contributed by atoms with E-state index in [0.717, 1.165) is 24.3 Å². The molecule has 8 heteroatoms. The van der Waals surface area contributed by atoms with Crippen LogP contribution in [0, 0.1) is 0 Å². The van der Waals surface area contributed by atoms with E-state index < -0.39 is 10.0 Å². The molecule has 28 heavy (non-hydrogen) atoms. The molecule has 2 N–H and O–H groups in total. The summed E-state index contributed by atoms with van der Waals surface area (Å²) in [7, 11) is -2.29. The van der Waals surface area contributed by atoms with Crippen molar-refractivity contribution in [2.45, 2.75) is 32.2 Å². The number of amides is 1. The lowest BCUT2D eigenvalue weighted by Gasteiger charge is -2.21. The minimum Gasteiger partial charge on any atom is -0.495 e. The highest BCUT2D eigenvalue weighted by Gasteiger charge is 2.17. The normalized spacial score (nSPS) is 11.1. The number of hydrogen-bond acceptors (Lipinski definition) is 5. The molecule has 0 aliphatic heterocycles. The van der Waals surface area contributed by atoms with Gasteiger partial charge in [-0.05, 0) is 49.7 Å². The number of anilines is 2. The number of methoxy groups -OCH3 is 1. The van der Waals surface area contributed by atoms with Gasteiger partial charge in [0.1, 0.15) is 5.75 Å². The molecule has 2 aromatic rings. The minimum atomic E-state index is -3.74. The summed E-state index contributed by atoms with van der Waals surface area (Å²) in [5.74, 6) is 0.0789. The molecule has 7 nitrogen and oxygen atoms in total. The van der Waals surface area contributed by atoms with Gasteiger partial charge in [0.2, 0.25) is 15.9 Å². The maximum atomic E-state index is 12.6. The number of nitrogens with one attached hydrogen (secondary N) is 2. The summed E-state index contributed by atoms with van der Waals surface area (Å²) in [5, 5.41) is 2.58. The van der Waals surface area contributed by atoms with Gasteiger partial charge in [0, 0.05) is 32.2 Å². The third kappa shape index (κ3) is 5.46. The Balaban J connectivity index is 2.14. The van der Waals surface area contributed by atoms with Crippen molar-refractivity contribution in [3.05, 3.63) is 48.0 Å². The average Bonchev–Trinajstić information content (AvgIpc) is 2.68. The molecule has 2 aromatic carbocycles. The zero-order chi connectivity index (χ0) is 20.7. The summed E-state index contributed by atoms with van der Waals surface area (Å²) in [4.78, 5) is 13.6. The Morgan fingerprint density at radius 1 is 1.07 bits per heavy atom. The van der Waals surface area contributed by atoms with Crippen LogP contribution >= 0.6 is 0 Å². The molecule has 0 saturated heterocycles. The first kappa shape index (κ1) is 21.7. The maximum absolute atomic E-state index is 12.6. The summed E-state index contributed by atoms with van der Waals surface area (Å²) in [5.41, 5.74) is 2.27. The largest absolute Gasteiger partial charge is 0.495 e. The fraction of sp³-hybridized carbons (Fsp3) is 0.350. The van der Waals surface area contributed by atoms with Gasteiger partial charge in [-0.25, -0.2) is 13.1 Å². The van der Waals surface area contributed by atoms with Gasteiger partial charge >= 0.3 is 0 Å². The van der Waals surface area contributed by atoms with Gasteiger partial charge in [-0.1, -0.05) is 12.1 Å². The lowest BCUT2D eigenvalue weighted by molar-refractivity contribution is -0.114. The topological polar surface area (TPSA) is 87.7 Å². The first-order valence-electron chi connectivity index (χ1n) is 9.09. The highest BCUT2D eigenvalue weighted by Crippen LogP contribution is 2.27. The van der Waals surface area contributed by atoms with Crippen molar-refractivity contribution in [2.75, 3.05) is 30.4 Å².